The fourth-order valence-electron chi connectivity index (χ4n) is 3.79. The van der Waals surface area contributed by atoms with Gasteiger partial charge in [0.15, 0.2) is 0 Å². The van der Waals surface area contributed by atoms with Gasteiger partial charge in [0.25, 0.3) is 11.8 Å². The molecule has 176 valence electrons. The Morgan fingerprint density at radius 3 is 2.30 bits per heavy atom. The number of nitrogens with zero attached hydrogens (tertiary/aromatic N) is 1. The number of amides is 3. The molecule has 0 spiro atoms. The van der Waals surface area contributed by atoms with Gasteiger partial charge in [0, 0.05) is 42.1 Å². The minimum Gasteiger partial charge on any atom is -0.376 e. The van der Waals surface area contributed by atoms with Crippen LogP contribution in [-0.4, -0.2) is 48.8 Å². The van der Waals surface area contributed by atoms with Crippen LogP contribution in [0.1, 0.15) is 66.2 Å². The van der Waals surface area contributed by atoms with Crippen molar-refractivity contribution < 1.29 is 14.4 Å². The second-order valence-corrected chi connectivity index (χ2v) is 8.38. The summed E-state index contributed by atoms with van der Waals surface area (Å²) in [4.78, 5) is 39.2. The third kappa shape index (κ3) is 7.63. The average Bonchev–Trinajstić information content (AvgIpc) is 3.12. The lowest BCUT2D eigenvalue weighted by molar-refractivity contribution is -0.114. The number of hydrogen-bond donors (Lipinski definition) is 3. The highest BCUT2D eigenvalue weighted by molar-refractivity contribution is 5.98. The van der Waals surface area contributed by atoms with Gasteiger partial charge in [0.05, 0.1) is 6.54 Å². The van der Waals surface area contributed by atoms with E-state index in [0.29, 0.717) is 23.4 Å². The van der Waals surface area contributed by atoms with Crippen LogP contribution in [0.3, 0.4) is 0 Å². The first kappa shape index (κ1) is 24.3. The van der Waals surface area contributed by atoms with Crippen LogP contribution in [0.25, 0.3) is 0 Å². The molecule has 1 aliphatic heterocycles. The molecule has 1 heterocycles. The Morgan fingerprint density at radius 1 is 0.879 bits per heavy atom. The highest BCUT2D eigenvalue weighted by atomic mass is 16.2. The van der Waals surface area contributed by atoms with E-state index in [0.717, 1.165) is 44.5 Å². The maximum absolute atomic E-state index is 12.7. The van der Waals surface area contributed by atoms with Crippen molar-refractivity contribution in [2.45, 2.75) is 45.4 Å². The number of anilines is 2. The van der Waals surface area contributed by atoms with E-state index in [4.69, 9.17) is 0 Å². The zero-order chi connectivity index (χ0) is 23.5. The summed E-state index contributed by atoms with van der Waals surface area (Å²) < 4.78 is 0. The number of carbonyl (C=O) groups excluding carboxylic acids is 3. The van der Waals surface area contributed by atoms with E-state index in [1.165, 1.54) is 12.8 Å². The maximum Gasteiger partial charge on any atom is 0.253 e. The predicted octanol–water partition coefficient (Wildman–Crippen LogP) is 4.28. The monoisotopic (exact) mass is 450 g/mol. The normalized spacial score (nSPS) is 13.7. The Balaban J connectivity index is 1.48. The molecule has 0 bridgehead atoms. The van der Waals surface area contributed by atoms with E-state index < -0.39 is 0 Å². The Morgan fingerprint density at radius 2 is 1.61 bits per heavy atom. The number of unbranched alkanes of at least 4 members (excludes halogenated alkanes) is 1. The fraction of sp³-hybridized carbons (Fsp3) is 0.423. The van der Waals surface area contributed by atoms with E-state index in [-0.39, 0.29) is 24.3 Å². The lowest BCUT2D eigenvalue weighted by Gasteiger charge is -2.20. The molecule has 7 nitrogen and oxygen atoms in total. The van der Waals surface area contributed by atoms with Gasteiger partial charge in [-0.2, -0.15) is 0 Å². The number of benzene rings is 2. The van der Waals surface area contributed by atoms with Gasteiger partial charge in [-0.1, -0.05) is 32.3 Å². The summed E-state index contributed by atoms with van der Waals surface area (Å²) in [6.45, 7) is 4.42. The molecule has 1 aliphatic rings. The SMILES string of the molecule is CCCCNC(=O)c1cccc(NC(=O)CNc2ccc(C(=O)N3CCCCCC3)cc2)c1. The van der Waals surface area contributed by atoms with Crippen molar-refractivity contribution >= 4 is 29.1 Å². The Labute approximate surface area is 195 Å². The zero-order valence-electron chi connectivity index (χ0n) is 19.4. The van der Waals surface area contributed by atoms with Crippen LogP contribution in [-0.2, 0) is 4.79 Å². The van der Waals surface area contributed by atoms with Gasteiger partial charge in [-0.15, -0.1) is 0 Å². The third-order valence-corrected chi connectivity index (χ3v) is 5.70. The highest BCUT2D eigenvalue weighted by Gasteiger charge is 2.17. The van der Waals surface area contributed by atoms with Crippen molar-refractivity contribution in [1.29, 1.82) is 0 Å². The van der Waals surface area contributed by atoms with Crippen molar-refractivity contribution in [3.05, 3.63) is 59.7 Å². The highest BCUT2D eigenvalue weighted by Crippen LogP contribution is 2.16. The third-order valence-electron chi connectivity index (χ3n) is 5.70. The molecule has 0 unspecified atom stereocenters. The zero-order valence-corrected chi connectivity index (χ0v) is 19.4. The Bertz CT molecular complexity index is 935. The molecule has 0 saturated carbocycles. The largest absolute Gasteiger partial charge is 0.376 e. The molecule has 1 fully saturated rings. The smallest absolute Gasteiger partial charge is 0.253 e. The van der Waals surface area contributed by atoms with Crippen LogP contribution in [0, 0.1) is 0 Å². The summed E-state index contributed by atoms with van der Waals surface area (Å²) >= 11 is 0. The van der Waals surface area contributed by atoms with Crippen LogP contribution < -0.4 is 16.0 Å². The summed E-state index contributed by atoms with van der Waals surface area (Å²) in [5, 5.41) is 8.76. The molecule has 1 saturated heterocycles. The minimum atomic E-state index is -0.219. The van der Waals surface area contributed by atoms with E-state index in [1.807, 2.05) is 17.0 Å². The molecule has 7 heteroatoms. The van der Waals surface area contributed by atoms with Crippen LogP contribution in [0.2, 0.25) is 0 Å². The second-order valence-electron chi connectivity index (χ2n) is 8.38. The van der Waals surface area contributed by atoms with E-state index >= 15 is 0 Å². The molecule has 3 N–H and O–H groups in total. The van der Waals surface area contributed by atoms with Gasteiger partial charge in [-0.25, -0.2) is 0 Å². The summed E-state index contributed by atoms with van der Waals surface area (Å²) in [7, 11) is 0. The lowest BCUT2D eigenvalue weighted by atomic mass is 10.1. The van der Waals surface area contributed by atoms with Gasteiger partial charge in [-0.05, 0) is 61.7 Å². The lowest BCUT2D eigenvalue weighted by Crippen LogP contribution is -2.31. The average molecular weight is 451 g/mol. The standard InChI is InChI=1S/C26H34N4O3/c1-2-3-15-27-25(32)21-9-8-10-23(18-21)29-24(31)19-28-22-13-11-20(12-14-22)26(33)30-16-6-4-5-7-17-30/h8-14,18,28H,2-7,15-17,19H2,1H3,(H,27,32)(H,29,31). The first-order valence-electron chi connectivity index (χ1n) is 11.9. The number of rotatable bonds is 9. The van der Waals surface area contributed by atoms with Crippen LogP contribution >= 0.6 is 0 Å². The number of nitrogens with one attached hydrogen (secondary N) is 3. The summed E-state index contributed by atoms with van der Waals surface area (Å²) in [6.07, 6.45) is 6.44. The summed E-state index contributed by atoms with van der Waals surface area (Å²) in [6, 6.07) is 14.1. The number of likely N-dealkylation sites (tertiary alicyclic amines) is 1. The predicted molar refractivity (Wildman–Crippen MR) is 132 cm³/mol. The summed E-state index contributed by atoms with van der Waals surface area (Å²) in [5.41, 5.74) is 2.52. The van der Waals surface area contributed by atoms with Crippen molar-refractivity contribution in [3.8, 4) is 0 Å². The van der Waals surface area contributed by atoms with E-state index in [2.05, 4.69) is 22.9 Å². The molecule has 2 aromatic rings. The molecule has 3 rings (SSSR count). The van der Waals surface area contributed by atoms with E-state index in [1.54, 1.807) is 36.4 Å². The van der Waals surface area contributed by atoms with Crippen molar-refractivity contribution in [2.75, 3.05) is 36.8 Å². The topological polar surface area (TPSA) is 90.5 Å². The Hall–Kier alpha value is -3.35. The fourth-order valence-corrected chi connectivity index (χ4v) is 3.79. The molecule has 0 atom stereocenters. The van der Waals surface area contributed by atoms with Crippen molar-refractivity contribution in [2.24, 2.45) is 0 Å². The molecule has 0 aromatic heterocycles. The molecule has 33 heavy (non-hydrogen) atoms. The number of hydrogen-bond acceptors (Lipinski definition) is 4. The van der Waals surface area contributed by atoms with E-state index in [9.17, 15) is 14.4 Å². The van der Waals surface area contributed by atoms with Crippen molar-refractivity contribution in [1.82, 2.24) is 10.2 Å². The minimum absolute atomic E-state index is 0.0693. The van der Waals surface area contributed by atoms with Crippen LogP contribution in [0.15, 0.2) is 48.5 Å². The van der Waals surface area contributed by atoms with Gasteiger partial charge in [0.1, 0.15) is 0 Å². The first-order valence-corrected chi connectivity index (χ1v) is 11.9. The molecular weight excluding hydrogens is 416 g/mol. The quantitative estimate of drug-likeness (QED) is 0.497. The summed E-state index contributed by atoms with van der Waals surface area (Å²) in [5.74, 6) is -0.296. The van der Waals surface area contributed by atoms with Crippen LogP contribution in [0.5, 0.6) is 0 Å². The van der Waals surface area contributed by atoms with Gasteiger partial charge in [-0.3, -0.25) is 14.4 Å². The molecule has 2 aromatic carbocycles. The van der Waals surface area contributed by atoms with Crippen molar-refractivity contribution in [3.63, 3.8) is 0 Å². The van der Waals surface area contributed by atoms with Gasteiger partial charge < -0.3 is 20.9 Å². The first-order chi connectivity index (χ1) is 16.1. The molecular formula is C26H34N4O3. The molecule has 0 radical (unpaired) electrons. The number of carbonyl (C=O) groups is 3. The molecule has 3 amide bonds. The maximum atomic E-state index is 12.7. The van der Waals surface area contributed by atoms with Crippen LogP contribution in [0.4, 0.5) is 11.4 Å². The second kappa shape index (κ2) is 12.6. The molecule has 0 aliphatic carbocycles. The van der Waals surface area contributed by atoms with Gasteiger partial charge in [0.2, 0.25) is 5.91 Å². The Kier molecular flexibility index (Phi) is 9.30. The van der Waals surface area contributed by atoms with Gasteiger partial charge >= 0.3 is 0 Å².